The molecule has 0 bridgehead atoms. The highest BCUT2D eigenvalue weighted by Gasteiger charge is 2.19. The molecule has 5 nitrogen and oxygen atoms in total. The largest absolute Gasteiger partial charge is 0.459 e. The second-order valence-electron chi connectivity index (χ2n) is 5.43. The molecule has 2 amide bonds. The molecule has 2 unspecified atom stereocenters. The summed E-state index contributed by atoms with van der Waals surface area (Å²) in [4.78, 5) is 23.8. The van der Waals surface area contributed by atoms with Gasteiger partial charge in [0.15, 0.2) is 5.76 Å². The maximum atomic E-state index is 12.0. The molecule has 21 heavy (non-hydrogen) atoms. The number of hydrogen-bond donors (Lipinski definition) is 2. The molecule has 0 saturated heterocycles. The average Bonchev–Trinajstić information content (AvgIpc) is 2.97. The van der Waals surface area contributed by atoms with E-state index in [1.807, 2.05) is 6.92 Å². The molecule has 0 aliphatic carbocycles. The van der Waals surface area contributed by atoms with Crippen LogP contribution >= 0.6 is 0 Å². The zero-order valence-electron chi connectivity index (χ0n) is 13.1. The topological polar surface area (TPSA) is 71.3 Å². The Morgan fingerprint density at radius 2 is 1.95 bits per heavy atom. The van der Waals surface area contributed by atoms with Gasteiger partial charge >= 0.3 is 0 Å². The summed E-state index contributed by atoms with van der Waals surface area (Å²) in [6.07, 6.45) is 7.14. The van der Waals surface area contributed by atoms with Crippen molar-refractivity contribution in [3.63, 3.8) is 0 Å². The zero-order chi connectivity index (χ0) is 15.7. The Bertz CT molecular complexity index is 429. The third kappa shape index (κ3) is 6.47. The fourth-order valence-electron chi connectivity index (χ4n) is 2.06. The molecule has 2 N–H and O–H groups in total. The van der Waals surface area contributed by atoms with Gasteiger partial charge in [0, 0.05) is 6.04 Å². The Morgan fingerprint density at radius 1 is 1.19 bits per heavy atom. The fourth-order valence-corrected chi connectivity index (χ4v) is 2.06. The summed E-state index contributed by atoms with van der Waals surface area (Å²) in [5.74, 6) is -0.335. The van der Waals surface area contributed by atoms with Crippen LogP contribution in [0, 0.1) is 0 Å². The van der Waals surface area contributed by atoms with Crippen molar-refractivity contribution in [3.8, 4) is 0 Å². The quantitative estimate of drug-likeness (QED) is 0.688. The van der Waals surface area contributed by atoms with Crippen molar-refractivity contribution in [3.05, 3.63) is 24.2 Å². The number of hydrogen-bond acceptors (Lipinski definition) is 3. The lowest BCUT2D eigenvalue weighted by Crippen LogP contribution is -2.47. The number of furan rings is 1. The van der Waals surface area contributed by atoms with Crippen molar-refractivity contribution in [2.75, 3.05) is 0 Å². The predicted octanol–water partition coefficient (Wildman–Crippen LogP) is 2.87. The van der Waals surface area contributed by atoms with Crippen LogP contribution in [-0.2, 0) is 4.79 Å². The molecular weight excluding hydrogens is 268 g/mol. The van der Waals surface area contributed by atoms with E-state index < -0.39 is 6.04 Å². The number of nitrogens with one attached hydrogen (secondary N) is 2. The smallest absolute Gasteiger partial charge is 0.287 e. The third-order valence-corrected chi connectivity index (χ3v) is 3.37. The number of unbranched alkanes of at least 4 members (excludes halogenated alkanes) is 3. The number of amides is 2. The van der Waals surface area contributed by atoms with Gasteiger partial charge in [-0.05, 0) is 32.4 Å². The highest BCUT2D eigenvalue weighted by Crippen LogP contribution is 2.05. The minimum atomic E-state index is -0.583. The molecule has 1 heterocycles. The van der Waals surface area contributed by atoms with Gasteiger partial charge in [0.25, 0.3) is 5.91 Å². The van der Waals surface area contributed by atoms with Gasteiger partial charge < -0.3 is 15.1 Å². The van der Waals surface area contributed by atoms with E-state index in [0.717, 1.165) is 12.8 Å². The first kappa shape index (κ1) is 17.3. The Hall–Kier alpha value is -1.78. The lowest BCUT2D eigenvalue weighted by atomic mass is 10.1. The van der Waals surface area contributed by atoms with Crippen molar-refractivity contribution in [1.29, 1.82) is 0 Å². The van der Waals surface area contributed by atoms with Crippen molar-refractivity contribution >= 4 is 11.8 Å². The molecule has 0 radical (unpaired) electrons. The SMILES string of the molecule is CCCCCCC(C)NC(=O)C(C)NC(=O)c1ccco1. The molecular formula is C16H26N2O3. The monoisotopic (exact) mass is 294 g/mol. The minimum Gasteiger partial charge on any atom is -0.459 e. The zero-order valence-corrected chi connectivity index (χ0v) is 13.1. The molecule has 0 spiro atoms. The van der Waals surface area contributed by atoms with Gasteiger partial charge in [-0.15, -0.1) is 0 Å². The predicted molar refractivity (Wildman–Crippen MR) is 82.0 cm³/mol. The van der Waals surface area contributed by atoms with Crippen LogP contribution in [0.5, 0.6) is 0 Å². The highest BCUT2D eigenvalue weighted by molar-refractivity contribution is 5.95. The third-order valence-electron chi connectivity index (χ3n) is 3.37. The standard InChI is InChI=1S/C16H26N2O3/c1-4-5-6-7-9-12(2)17-15(19)13(3)18-16(20)14-10-8-11-21-14/h8,10-13H,4-7,9H2,1-3H3,(H,17,19)(H,18,20). The van der Waals surface area contributed by atoms with Crippen molar-refractivity contribution in [2.24, 2.45) is 0 Å². The van der Waals surface area contributed by atoms with Crippen molar-refractivity contribution in [2.45, 2.75) is 65.0 Å². The summed E-state index contributed by atoms with van der Waals surface area (Å²) in [5, 5.41) is 5.54. The van der Waals surface area contributed by atoms with Crippen LogP contribution in [0.15, 0.2) is 22.8 Å². The maximum absolute atomic E-state index is 12.0. The van der Waals surface area contributed by atoms with E-state index in [0.29, 0.717) is 0 Å². The van der Waals surface area contributed by atoms with Crippen molar-refractivity contribution in [1.82, 2.24) is 10.6 Å². The molecule has 118 valence electrons. The second kappa shape index (κ2) is 9.21. The molecule has 0 aliphatic rings. The van der Waals surface area contributed by atoms with Gasteiger partial charge in [0.2, 0.25) is 5.91 Å². The van der Waals surface area contributed by atoms with Crippen LogP contribution in [0.4, 0.5) is 0 Å². The number of rotatable bonds is 9. The highest BCUT2D eigenvalue weighted by atomic mass is 16.3. The lowest BCUT2D eigenvalue weighted by Gasteiger charge is -2.18. The maximum Gasteiger partial charge on any atom is 0.287 e. The molecule has 0 fully saturated rings. The van der Waals surface area contributed by atoms with Gasteiger partial charge in [-0.25, -0.2) is 0 Å². The van der Waals surface area contributed by atoms with E-state index in [-0.39, 0.29) is 23.6 Å². The summed E-state index contributed by atoms with van der Waals surface area (Å²) >= 11 is 0. The van der Waals surface area contributed by atoms with Crippen molar-refractivity contribution < 1.29 is 14.0 Å². The lowest BCUT2D eigenvalue weighted by molar-refractivity contribution is -0.123. The van der Waals surface area contributed by atoms with Crippen LogP contribution in [-0.4, -0.2) is 23.9 Å². The van der Waals surface area contributed by atoms with Crippen LogP contribution in [0.1, 0.15) is 63.4 Å². The summed E-state index contributed by atoms with van der Waals surface area (Å²) in [7, 11) is 0. The van der Waals surface area contributed by atoms with Crippen LogP contribution in [0.25, 0.3) is 0 Å². The van der Waals surface area contributed by atoms with E-state index in [1.165, 1.54) is 25.5 Å². The van der Waals surface area contributed by atoms with Gasteiger partial charge in [0.1, 0.15) is 6.04 Å². The molecule has 0 aromatic carbocycles. The molecule has 5 heteroatoms. The van der Waals surface area contributed by atoms with E-state index in [9.17, 15) is 9.59 Å². The molecule has 1 rings (SSSR count). The summed E-state index contributed by atoms with van der Waals surface area (Å²) < 4.78 is 4.99. The van der Waals surface area contributed by atoms with Crippen LogP contribution in [0.2, 0.25) is 0 Å². The van der Waals surface area contributed by atoms with Gasteiger partial charge in [-0.1, -0.05) is 32.6 Å². The van der Waals surface area contributed by atoms with E-state index in [2.05, 4.69) is 17.6 Å². The molecule has 2 atom stereocenters. The minimum absolute atomic E-state index is 0.123. The van der Waals surface area contributed by atoms with Crippen LogP contribution < -0.4 is 10.6 Å². The van der Waals surface area contributed by atoms with Crippen LogP contribution in [0.3, 0.4) is 0 Å². The first-order valence-electron chi connectivity index (χ1n) is 7.69. The van der Waals surface area contributed by atoms with E-state index in [4.69, 9.17) is 4.42 Å². The van der Waals surface area contributed by atoms with Gasteiger partial charge in [-0.3, -0.25) is 9.59 Å². The van der Waals surface area contributed by atoms with Gasteiger partial charge in [-0.2, -0.15) is 0 Å². The molecule has 0 aliphatic heterocycles. The first-order chi connectivity index (χ1) is 10.0. The Labute approximate surface area is 126 Å². The number of carbonyl (C=O) groups is 2. The normalized spacial score (nSPS) is 13.5. The summed E-state index contributed by atoms with van der Waals surface area (Å²) in [6, 6.07) is 2.74. The Morgan fingerprint density at radius 3 is 2.57 bits per heavy atom. The Balaban J connectivity index is 2.28. The molecule has 1 aromatic rings. The van der Waals surface area contributed by atoms with E-state index >= 15 is 0 Å². The summed E-state index contributed by atoms with van der Waals surface area (Å²) in [6.45, 7) is 5.83. The Kier molecular flexibility index (Phi) is 7.58. The molecule has 1 aromatic heterocycles. The first-order valence-corrected chi connectivity index (χ1v) is 7.69. The van der Waals surface area contributed by atoms with Gasteiger partial charge in [0.05, 0.1) is 6.26 Å². The number of carbonyl (C=O) groups excluding carboxylic acids is 2. The fraction of sp³-hybridized carbons (Fsp3) is 0.625. The van der Waals surface area contributed by atoms with E-state index in [1.54, 1.807) is 19.1 Å². The average molecular weight is 294 g/mol. The molecule has 0 saturated carbocycles. The summed E-state index contributed by atoms with van der Waals surface area (Å²) in [5.41, 5.74) is 0. The second-order valence-corrected chi connectivity index (χ2v) is 5.43.